The highest BCUT2D eigenvalue weighted by Crippen LogP contribution is 2.43. The van der Waals surface area contributed by atoms with Crippen LogP contribution in [0.2, 0.25) is 0 Å². The summed E-state index contributed by atoms with van der Waals surface area (Å²) < 4.78 is 40.4. The Morgan fingerprint density at radius 3 is 1.80 bits per heavy atom. The molecule has 0 spiro atoms. The lowest BCUT2D eigenvalue weighted by atomic mass is 10.0. The summed E-state index contributed by atoms with van der Waals surface area (Å²) >= 11 is 0. The van der Waals surface area contributed by atoms with Crippen LogP contribution in [0.4, 0.5) is 0 Å². The first-order valence-corrected chi connectivity index (χ1v) is 23.7. The smallest absolute Gasteiger partial charge is 0.472 e. The van der Waals surface area contributed by atoms with Crippen LogP contribution in [0.15, 0.2) is 60.9 Å². The molecule has 1 fully saturated rings. The molecule has 4 unspecified atom stereocenters. The molecule has 10 heteroatoms. The van der Waals surface area contributed by atoms with Gasteiger partial charge in [-0.05, 0) is 63.9 Å². The number of esters is 1. The molecular formula is C46H83NO8P+. The summed E-state index contributed by atoms with van der Waals surface area (Å²) in [6, 6.07) is 0. The number of hydrogen-bond donors (Lipinski definition) is 1. The number of allylic oxidation sites excluding steroid dienone is 7. The van der Waals surface area contributed by atoms with Crippen LogP contribution in [0.5, 0.6) is 0 Å². The molecule has 1 aliphatic heterocycles. The molecule has 1 saturated heterocycles. The summed E-state index contributed by atoms with van der Waals surface area (Å²) in [5, 5.41) is 0. The van der Waals surface area contributed by atoms with Crippen LogP contribution >= 0.6 is 7.82 Å². The minimum atomic E-state index is -4.31. The first-order chi connectivity index (χ1) is 27.1. The van der Waals surface area contributed by atoms with Crippen LogP contribution in [0.1, 0.15) is 162 Å². The number of carbonyl (C=O) groups excluding carboxylic acids is 1. The highest BCUT2D eigenvalue weighted by Gasteiger charge is 2.36. The van der Waals surface area contributed by atoms with Crippen LogP contribution in [-0.2, 0) is 32.6 Å². The molecule has 0 amide bonds. The topological polar surface area (TPSA) is 104 Å². The van der Waals surface area contributed by atoms with Crippen molar-refractivity contribution in [3.05, 3.63) is 60.9 Å². The van der Waals surface area contributed by atoms with Crippen molar-refractivity contribution >= 4 is 13.8 Å². The Kier molecular flexibility index (Phi) is 32.5. The van der Waals surface area contributed by atoms with Gasteiger partial charge < -0.3 is 23.6 Å². The summed E-state index contributed by atoms with van der Waals surface area (Å²) in [5.41, 5.74) is 0. The Bertz CT molecular complexity index is 1140. The third-order valence-corrected chi connectivity index (χ3v) is 10.5. The first kappa shape index (κ1) is 52.0. The third-order valence-electron chi connectivity index (χ3n) is 9.56. The van der Waals surface area contributed by atoms with Gasteiger partial charge in [-0.2, -0.15) is 0 Å². The molecule has 56 heavy (non-hydrogen) atoms. The van der Waals surface area contributed by atoms with E-state index >= 15 is 0 Å². The van der Waals surface area contributed by atoms with E-state index in [1.165, 1.54) is 83.5 Å². The van der Waals surface area contributed by atoms with Crippen LogP contribution < -0.4 is 0 Å². The Hall–Kier alpha value is -2.00. The van der Waals surface area contributed by atoms with Crippen molar-refractivity contribution in [3.8, 4) is 0 Å². The molecule has 1 rings (SSSR count). The van der Waals surface area contributed by atoms with Gasteiger partial charge in [0.25, 0.3) is 0 Å². The number of hydrogen-bond acceptors (Lipinski definition) is 7. The van der Waals surface area contributed by atoms with E-state index in [9.17, 15) is 14.3 Å². The summed E-state index contributed by atoms with van der Waals surface area (Å²) in [4.78, 5) is 22.9. The predicted molar refractivity (Wildman–Crippen MR) is 232 cm³/mol. The van der Waals surface area contributed by atoms with Crippen molar-refractivity contribution in [3.63, 3.8) is 0 Å². The van der Waals surface area contributed by atoms with E-state index in [0.29, 0.717) is 29.7 Å². The van der Waals surface area contributed by atoms with Gasteiger partial charge in [-0.15, -0.1) is 0 Å². The molecule has 324 valence electrons. The number of quaternary nitrogens is 1. The van der Waals surface area contributed by atoms with Gasteiger partial charge in [-0.25, -0.2) is 4.57 Å². The standard InChI is InChI=1S/C46H82NO8P/c1-6-8-10-11-12-13-14-15-16-17-18-21-24-27-30-34-39-51-41-43(42-53-56(49,50)52-40-38-47(3,4)5)54-46(48)37-33-29-26-23-20-19-22-25-28-32-36-45-44(55-45)35-31-9-7-2/h9,19,22-23,26,28,31-32,34,39,43-45H,6-8,10-18,20-21,24-25,27,29-30,33,35-38,40-42H2,1-5H3/p+1/b22-19-,26-23-,31-9-,32-28-,39-34-. The van der Waals surface area contributed by atoms with Gasteiger partial charge >= 0.3 is 13.8 Å². The molecule has 9 nitrogen and oxygen atoms in total. The van der Waals surface area contributed by atoms with Crippen LogP contribution in [0.25, 0.3) is 0 Å². The monoisotopic (exact) mass is 809 g/mol. The van der Waals surface area contributed by atoms with Gasteiger partial charge in [-0.3, -0.25) is 13.8 Å². The summed E-state index contributed by atoms with van der Waals surface area (Å²) in [7, 11) is 1.59. The second kappa shape index (κ2) is 35.0. The number of carbonyl (C=O) groups is 1. The van der Waals surface area contributed by atoms with Crippen LogP contribution in [0.3, 0.4) is 0 Å². The molecule has 0 aromatic heterocycles. The second-order valence-corrected chi connectivity index (χ2v) is 17.6. The number of phosphoric acid groups is 1. The van der Waals surface area contributed by atoms with Gasteiger partial charge in [0.15, 0.2) is 6.10 Å². The number of rotatable bonds is 39. The van der Waals surface area contributed by atoms with Gasteiger partial charge in [0.05, 0.1) is 46.2 Å². The largest absolute Gasteiger partial charge is 0.498 e. The summed E-state index contributed by atoms with van der Waals surface area (Å²) in [6.07, 6.45) is 46.8. The van der Waals surface area contributed by atoms with E-state index in [-0.39, 0.29) is 26.2 Å². The molecular weight excluding hydrogens is 725 g/mol. The fourth-order valence-electron chi connectivity index (χ4n) is 6.01. The number of likely N-dealkylation sites (N-methyl/N-ethyl adjacent to an activating group) is 1. The van der Waals surface area contributed by atoms with Crippen molar-refractivity contribution < 1.29 is 42.0 Å². The molecule has 1 heterocycles. The van der Waals surface area contributed by atoms with Gasteiger partial charge in [-0.1, -0.05) is 146 Å². The first-order valence-electron chi connectivity index (χ1n) is 22.2. The maximum Gasteiger partial charge on any atom is 0.472 e. The summed E-state index contributed by atoms with van der Waals surface area (Å²) in [5.74, 6) is -0.396. The van der Waals surface area contributed by atoms with Crippen molar-refractivity contribution in [2.75, 3.05) is 47.5 Å². The zero-order valence-corrected chi connectivity index (χ0v) is 37.2. The molecule has 0 aromatic rings. The quantitative estimate of drug-likeness (QED) is 0.0125. The number of epoxide rings is 1. The van der Waals surface area contributed by atoms with Crippen LogP contribution in [-0.4, -0.2) is 81.2 Å². The molecule has 0 radical (unpaired) electrons. The molecule has 0 saturated carbocycles. The molecule has 0 aromatic carbocycles. The molecule has 0 aliphatic carbocycles. The number of phosphoric ester groups is 1. The van der Waals surface area contributed by atoms with Crippen molar-refractivity contribution in [1.29, 1.82) is 0 Å². The van der Waals surface area contributed by atoms with Crippen molar-refractivity contribution in [1.82, 2.24) is 0 Å². The van der Waals surface area contributed by atoms with Crippen LogP contribution in [0, 0.1) is 0 Å². The summed E-state index contributed by atoms with van der Waals surface area (Å²) in [6.45, 7) is 4.74. The van der Waals surface area contributed by atoms with Crippen molar-refractivity contribution in [2.45, 2.75) is 180 Å². The lowest BCUT2D eigenvalue weighted by molar-refractivity contribution is -0.870. The normalized spacial score (nSPS) is 17.9. The molecule has 1 aliphatic rings. The Balaban J connectivity index is 2.28. The van der Waals surface area contributed by atoms with E-state index < -0.39 is 19.9 Å². The zero-order valence-electron chi connectivity index (χ0n) is 36.3. The SMILES string of the molecule is CC/C=C\CC1OC1C/C=C\C/C=C\C/C=C\CCCC(=O)OC(CO/C=C\CCCCCCCCCCCCCCCC)COP(=O)(O)OCC[N+](C)(C)C. The molecule has 1 N–H and O–H groups in total. The second-order valence-electron chi connectivity index (χ2n) is 16.2. The Labute approximate surface area is 343 Å². The average molecular weight is 809 g/mol. The zero-order chi connectivity index (χ0) is 41.0. The lowest BCUT2D eigenvalue weighted by Gasteiger charge is -2.24. The maximum atomic E-state index is 12.7. The molecule has 4 atom stereocenters. The minimum Gasteiger partial charge on any atom is -0.498 e. The average Bonchev–Trinajstić information content (AvgIpc) is 3.90. The van der Waals surface area contributed by atoms with Crippen molar-refractivity contribution in [2.24, 2.45) is 0 Å². The van der Waals surface area contributed by atoms with Gasteiger partial charge in [0, 0.05) is 6.42 Å². The van der Waals surface area contributed by atoms with E-state index in [1.807, 2.05) is 27.2 Å². The highest BCUT2D eigenvalue weighted by molar-refractivity contribution is 7.47. The number of unbranched alkanes of at least 4 members (excludes halogenated alkanes) is 15. The third kappa shape index (κ3) is 35.2. The Morgan fingerprint density at radius 1 is 0.679 bits per heavy atom. The van der Waals surface area contributed by atoms with E-state index in [4.69, 9.17) is 23.3 Å². The van der Waals surface area contributed by atoms with E-state index in [2.05, 4.69) is 62.5 Å². The fourth-order valence-corrected chi connectivity index (χ4v) is 6.75. The number of ether oxygens (including phenoxy) is 3. The highest BCUT2D eigenvalue weighted by atomic mass is 31.2. The number of nitrogens with zero attached hydrogens (tertiary/aromatic N) is 1. The van der Waals surface area contributed by atoms with Gasteiger partial charge in [0.1, 0.15) is 19.8 Å². The minimum absolute atomic E-state index is 0.0206. The molecule has 0 bridgehead atoms. The lowest BCUT2D eigenvalue weighted by Crippen LogP contribution is -2.37. The van der Waals surface area contributed by atoms with E-state index in [0.717, 1.165) is 51.4 Å². The maximum absolute atomic E-state index is 12.7. The fraction of sp³-hybridized carbons (Fsp3) is 0.761. The predicted octanol–water partition coefficient (Wildman–Crippen LogP) is 12.3. The van der Waals surface area contributed by atoms with Gasteiger partial charge in [0.2, 0.25) is 0 Å². The Morgan fingerprint density at radius 2 is 1.21 bits per heavy atom. The van der Waals surface area contributed by atoms with E-state index in [1.54, 1.807) is 6.26 Å².